The number of fused-ring (bicyclic) bond motifs is 1. The molecule has 2 heterocycles. The molecule has 0 aliphatic carbocycles. The van der Waals surface area contributed by atoms with E-state index in [1.807, 2.05) is 36.4 Å². The van der Waals surface area contributed by atoms with E-state index in [1.165, 1.54) is 7.11 Å². The Bertz CT molecular complexity index is 1100. The van der Waals surface area contributed by atoms with E-state index in [2.05, 4.69) is 9.97 Å². The molecule has 0 unspecified atom stereocenters. The predicted molar refractivity (Wildman–Crippen MR) is 98.3 cm³/mol. The number of aromatic nitrogens is 2. The summed E-state index contributed by atoms with van der Waals surface area (Å²) in [5.41, 5.74) is 2.99. The molecule has 4 aromatic rings. The summed E-state index contributed by atoms with van der Waals surface area (Å²) in [4.78, 5) is 7.43. The number of hydrogen-bond acceptors (Lipinski definition) is 5. The number of hydrogen-bond donors (Lipinski definition) is 2. The average Bonchev–Trinajstić information content (AvgIpc) is 3.06. The maximum absolute atomic E-state index is 9.76. The number of benzene rings is 2. The van der Waals surface area contributed by atoms with Crippen LogP contribution in [-0.2, 0) is 0 Å². The van der Waals surface area contributed by atoms with Gasteiger partial charge in [-0.2, -0.15) is 0 Å². The standard InChI is InChI=1S/C19H14N2O3S/c1-23-18-8-11(6-7-15(18)22)13-10-14(21-19(25)20-13)17-9-12-4-2-3-5-16(12)24-17/h2-10,22H,1H3,(H,20,21,25). The number of nitrogens with one attached hydrogen (secondary N) is 1. The van der Waals surface area contributed by atoms with E-state index in [4.69, 9.17) is 21.4 Å². The first kappa shape index (κ1) is 15.4. The summed E-state index contributed by atoms with van der Waals surface area (Å²) in [6.45, 7) is 0. The molecule has 0 saturated heterocycles. The predicted octanol–water partition coefficient (Wildman–Crippen LogP) is 4.93. The van der Waals surface area contributed by atoms with Gasteiger partial charge in [0.05, 0.1) is 18.5 Å². The second-order valence-corrected chi connectivity index (χ2v) is 5.91. The van der Waals surface area contributed by atoms with E-state index in [-0.39, 0.29) is 5.75 Å². The molecule has 124 valence electrons. The monoisotopic (exact) mass is 350 g/mol. The fourth-order valence-electron chi connectivity index (χ4n) is 2.69. The van der Waals surface area contributed by atoms with E-state index < -0.39 is 0 Å². The normalized spacial score (nSPS) is 10.9. The van der Waals surface area contributed by atoms with Crippen molar-refractivity contribution in [3.63, 3.8) is 0 Å². The second-order valence-electron chi connectivity index (χ2n) is 5.52. The molecule has 4 rings (SSSR count). The number of aromatic hydroxyl groups is 1. The number of rotatable bonds is 3. The van der Waals surface area contributed by atoms with Crippen molar-refractivity contribution >= 4 is 23.2 Å². The van der Waals surface area contributed by atoms with Crippen molar-refractivity contribution in [3.8, 4) is 34.2 Å². The third kappa shape index (κ3) is 2.88. The molecule has 0 fully saturated rings. The van der Waals surface area contributed by atoms with Gasteiger partial charge in [0.25, 0.3) is 0 Å². The molecule has 0 aliphatic rings. The third-order valence-corrected chi connectivity index (χ3v) is 4.10. The first-order chi connectivity index (χ1) is 12.1. The van der Waals surface area contributed by atoms with Crippen LogP contribution in [0, 0.1) is 4.77 Å². The van der Waals surface area contributed by atoms with Crippen LogP contribution < -0.4 is 4.74 Å². The molecule has 25 heavy (non-hydrogen) atoms. The zero-order valence-corrected chi connectivity index (χ0v) is 14.1. The van der Waals surface area contributed by atoms with E-state index >= 15 is 0 Å². The largest absolute Gasteiger partial charge is 0.504 e. The molecule has 2 aromatic heterocycles. The van der Waals surface area contributed by atoms with Crippen molar-refractivity contribution in [1.29, 1.82) is 0 Å². The van der Waals surface area contributed by atoms with Crippen molar-refractivity contribution in [1.82, 2.24) is 9.97 Å². The molecule has 0 amide bonds. The van der Waals surface area contributed by atoms with E-state index in [0.717, 1.165) is 22.2 Å². The van der Waals surface area contributed by atoms with Crippen LogP contribution in [0.15, 0.2) is 59.0 Å². The fraction of sp³-hybridized carbons (Fsp3) is 0.0526. The Morgan fingerprint density at radius 3 is 2.76 bits per heavy atom. The molecule has 0 spiro atoms. The van der Waals surface area contributed by atoms with Crippen LogP contribution in [0.3, 0.4) is 0 Å². The minimum absolute atomic E-state index is 0.0739. The van der Waals surface area contributed by atoms with Gasteiger partial charge < -0.3 is 19.2 Å². The van der Waals surface area contributed by atoms with Gasteiger partial charge in [0.15, 0.2) is 22.0 Å². The second kappa shape index (κ2) is 6.07. The van der Waals surface area contributed by atoms with Crippen LogP contribution in [0.4, 0.5) is 0 Å². The van der Waals surface area contributed by atoms with Gasteiger partial charge in [0.1, 0.15) is 5.58 Å². The SMILES string of the molecule is COc1cc(-c2cc(-c3cc4ccccc4o3)[nH]c(=S)n2)ccc1O. The van der Waals surface area contributed by atoms with E-state index in [1.54, 1.807) is 18.2 Å². The number of phenolic OH excluding ortho intramolecular Hbond substituents is 1. The highest BCUT2D eigenvalue weighted by Crippen LogP contribution is 2.32. The molecular weight excluding hydrogens is 336 g/mol. The summed E-state index contributed by atoms with van der Waals surface area (Å²) in [5, 5.41) is 10.8. The molecule has 0 saturated carbocycles. The van der Waals surface area contributed by atoms with Crippen LogP contribution >= 0.6 is 12.2 Å². The summed E-state index contributed by atoms with van der Waals surface area (Å²) in [7, 11) is 1.50. The topological polar surface area (TPSA) is 71.3 Å². The molecule has 5 nitrogen and oxygen atoms in total. The van der Waals surface area contributed by atoms with Gasteiger partial charge in [-0.3, -0.25) is 0 Å². The number of aromatic amines is 1. The Morgan fingerprint density at radius 2 is 1.96 bits per heavy atom. The smallest absolute Gasteiger partial charge is 0.197 e. The molecule has 6 heteroatoms. The van der Waals surface area contributed by atoms with Gasteiger partial charge in [-0.05, 0) is 48.6 Å². The number of ether oxygens (including phenoxy) is 1. The molecule has 2 N–H and O–H groups in total. The van der Waals surface area contributed by atoms with Crippen LogP contribution in [-0.4, -0.2) is 22.2 Å². The van der Waals surface area contributed by atoms with Crippen molar-refractivity contribution in [3.05, 3.63) is 59.4 Å². The fourth-order valence-corrected chi connectivity index (χ4v) is 2.90. The lowest BCUT2D eigenvalue weighted by atomic mass is 10.1. The Labute approximate surface area is 148 Å². The van der Waals surface area contributed by atoms with Crippen molar-refractivity contribution < 1.29 is 14.3 Å². The van der Waals surface area contributed by atoms with Crippen LogP contribution in [0.2, 0.25) is 0 Å². The molecule has 0 atom stereocenters. The maximum Gasteiger partial charge on any atom is 0.197 e. The van der Waals surface area contributed by atoms with Crippen molar-refractivity contribution in [2.45, 2.75) is 0 Å². The zero-order valence-electron chi connectivity index (χ0n) is 13.3. The van der Waals surface area contributed by atoms with E-state index in [9.17, 15) is 5.11 Å². The minimum Gasteiger partial charge on any atom is -0.504 e. The van der Waals surface area contributed by atoms with Crippen molar-refractivity contribution in [2.24, 2.45) is 0 Å². The van der Waals surface area contributed by atoms with Crippen LogP contribution in [0.5, 0.6) is 11.5 Å². The Balaban J connectivity index is 1.85. The lowest BCUT2D eigenvalue weighted by Crippen LogP contribution is -1.92. The van der Waals surface area contributed by atoms with Gasteiger partial charge in [-0.15, -0.1) is 0 Å². The minimum atomic E-state index is 0.0739. The summed E-state index contributed by atoms with van der Waals surface area (Å²) in [6, 6.07) is 16.7. The van der Waals surface area contributed by atoms with Gasteiger partial charge in [-0.25, -0.2) is 4.98 Å². The van der Waals surface area contributed by atoms with Gasteiger partial charge in [0, 0.05) is 10.9 Å². The number of furan rings is 1. The number of H-pyrrole nitrogens is 1. The maximum atomic E-state index is 9.76. The number of phenols is 1. The third-order valence-electron chi connectivity index (χ3n) is 3.91. The summed E-state index contributed by atoms with van der Waals surface area (Å²) < 4.78 is 11.4. The van der Waals surface area contributed by atoms with Gasteiger partial charge in [0.2, 0.25) is 0 Å². The number of methoxy groups -OCH3 is 1. The molecule has 0 aliphatic heterocycles. The molecule has 0 bridgehead atoms. The highest BCUT2D eigenvalue weighted by Gasteiger charge is 2.11. The lowest BCUT2D eigenvalue weighted by Gasteiger charge is -2.07. The zero-order chi connectivity index (χ0) is 17.4. The quantitative estimate of drug-likeness (QED) is 0.512. The van der Waals surface area contributed by atoms with Gasteiger partial charge in [-0.1, -0.05) is 18.2 Å². The van der Waals surface area contributed by atoms with Crippen LogP contribution in [0.1, 0.15) is 0 Å². The average molecular weight is 350 g/mol. The molecule has 0 radical (unpaired) electrons. The summed E-state index contributed by atoms with van der Waals surface area (Å²) >= 11 is 5.27. The first-order valence-electron chi connectivity index (χ1n) is 7.62. The Hall–Kier alpha value is -3.12. The number of nitrogens with zero attached hydrogens (tertiary/aromatic N) is 1. The molecule has 2 aromatic carbocycles. The van der Waals surface area contributed by atoms with Gasteiger partial charge >= 0.3 is 0 Å². The molecular formula is C19H14N2O3S. The Kier molecular flexibility index (Phi) is 3.74. The van der Waals surface area contributed by atoms with E-state index in [0.29, 0.717) is 22.0 Å². The first-order valence-corrected chi connectivity index (χ1v) is 8.02. The highest BCUT2D eigenvalue weighted by molar-refractivity contribution is 7.71. The summed E-state index contributed by atoms with van der Waals surface area (Å²) in [5.74, 6) is 1.13. The van der Waals surface area contributed by atoms with Crippen molar-refractivity contribution in [2.75, 3.05) is 7.11 Å². The van der Waals surface area contributed by atoms with Crippen LogP contribution in [0.25, 0.3) is 33.7 Å². The lowest BCUT2D eigenvalue weighted by molar-refractivity contribution is 0.373. The Morgan fingerprint density at radius 1 is 1.12 bits per heavy atom. The highest BCUT2D eigenvalue weighted by atomic mass is 32.1. The summed E-state index contributed by atoms with van der Waals surface area (Å²) in [6.07, 6.45) is 0. The number of para-hydroxylation sites is 1.